The smallest absolute Gasteiger partial charge is 0.308 e. The minimum absolute atomic E-state index is 0.0763. The zero-order chi connectivity index (χ0) is 46.0. The number of allylic oxidation sites excluding steroid dienone is 12. The van der Waals surface area contributed by atoms with Crippen LogP contribution in [-0.4, -0.2) is 143 Å². The number of aliphatic hydroxyl groups excluding tert-OH is 8. The molecule has 15 nitrogen and oxygen atoms in total. The van der Waals surface area contributed by atoms with Gasteiger partial charge in [-0.15, -0.1) is 0 Å². The van der Waals surface area contributed by atoms with Gasteiger partial charge in [0.25, 0.3) is 0 Å². The summed E-state index contributed by atoms with van der Waals surface area (Å²) in [7, 11) is 0. The monoisotopic (exact) mass is 878 g/mol. The third kappa shape index (κ3) is 18.3. The number of hydrogen-bond acceptors (Lipinski definition) is 15. The highest BCUT2D eigenvalue weighted by Gasteiger charge is 2.47. The summed E-state index contributed by atoms with van der Waals surface area (Å²) in [5, 5.41) is 97.2. The molecule has 0 aromatic rings. The molecule has 13 unspecified atom stereocenters. The third-order valence-electron chi connectivity index (χ3n) is 12.0. The fourth-order valence-electron chi connectivity index (χ4n) is 7.83. The van der Waals surface area contributed by atoms with Gasteiger partial charge in [-0.25, -0.2) is 0 Å². The zero-order valence-corrected chi connectivity index (χ0v) is 36.9. The van der Waals surface area contributed by atoms with Crippen LogP contribution in [0, 0.1) is 17.8 Å². The minimum atomic E-state index is -1.90. The molecule has 11 N–H and O–H groups in total. The van der Waals surface area contributed by atoms with Crippen molar-refractivity contribution in [3.63, 3.8) is 0 Å². The van der Waals surface area contributed by atoms with Crippen molar-refractivity contribution in [2.24, 2.45) is 23.5 Å². The molecular formula is C47H75NO14. The van der Waals surface area contributed by atoms with Gasteiger partial charge >= 0.3 is 5.97 Å². The van der Waals surface area contributed by atoms with Gasteiger partial charge in [0.15, 0.2) is 12.1 Å². The van der Waals surface area contributed by atoms with E-state index in [1.54, 1.807) is 52.0 Å². The molecule has 0 radical (unpaired) electrons. The summed E-state index contributed by atoms with van der Waals surface area (Å²) in [5.41, 5.74) is 6.06. The van der Waals surface area contributed by atoms with Crippen molar-refractivity contribution in [3.8, 4) is 0 Å². The highest BCUT2D eigenvalue weighted by Crippen LogP contribution is 2.37. The molecule has 3 aliphatic heterocycles. The van der Waals surface area contributed by atoms with Crippen molar-refractivity contribution in [1.29, 1.82) is 0 Å². The Bertz CT molecular complexity index is 1530. The number of esters is 1. The normalized spacial score (nSPS) is 46.0. The maximum absolute atomic E-state index is 12.6. The highest BCUT2D eigenvalue weighted by atomic mass is 16.7. The molecule has 3 aliphatic rings. The van der Waals surface area contributed by atoms with E-state index in [2.05, 4.69) is 0 Å². The highest BCUT2D eigenvalue weighted by molar-refractivity contribution is 5.70. The maximum Gasteiger partial charge on any atom is 0.308 e. The van der Waals surface area contributed by atoms with Crippen LogP contribution in [0.2, 0.25) is 0 Å². The summed E-state index contributed by atoms with van der Waals surface area (Å²) in [6.07, 6.45) is 12.5. The van der Waals surface area contributed by atoms with E-state index < -0.39 is 109 Å². The molecule has 62 heavy (non-hydrogen) atoms. The number of fused-ring (bicyclic) bond motifs is 2. The van der Waals surface area contributed by atoms with E-state index in [1.165, 1.54) is 0 Å². The first kappa shape index (κ1) is 53.5. The molecule has 0 amide bonds. The lowest BCUT2D eigenvalue weighted by Gasteiger charge is -2.45. The van der Waals surface area contributed by atoms with E-state index >= 15 is 0 Å². The average Bonchev–Trinajstić information content (AvgIpc) is 3.19. The van der Waals surface area contributed by atoms with Gasteiger partial charge in [-0.3, -0.25) is 4.79 Å². The van der Waals surface area contributed by atoms with Gasteiger partial charge in [-0.2, -0.15) is 0 Å². The van der Waals surface area contributed by atoms with E-state index in [0.717, 1.165) is 0 Å². The summed E-state index contributed by atoms with van der Waals surface area (Å²) in [6, 6.07) is -1.02. The van der Waals surface area contributed by atoms with Gasteiger partial charge in [0.05, 0.1) is 73.5 Å². The SMILES string of the molecule is CC1OC(OC2/C=C/C=C/C=C/C=C/C=C/C=C/C=C/[C@H](C)C(O)[C@@H](C)[C@H](C)OC(=O)CC(O)CC(O)C[C@H](O)CCCC(O)CC3(O)C[C@H](O)C(C)C(C2)O3)C(O)C(N)C1O. The Morgan fingerprint density at radius 1 is 0.629 bits per heavy atom. The minimum Gasteiger partial charge on any atom is -0.462 e. The van der Waals surface area contributed by atoms with E-state index in [9.17, 15) is 50.8 Å². The molecule has 3 rings (SSSR count). The number of cyclic esters (lactones) is 1. The van der Waals surface area contributed by atoms with Crippen LogP contribution in [0.25, 0.3) is 0 Å². The largest absolute Gasteiger partial charge is 0.462 e. The quantitative estimate of drug-likeness (QED) is 0.179. The van der Waals surface area contributed by atoms with Crippen LogP contribution in [-0.2, 0) is 23.7 Å². The zero-order valence-electron chi connectivity index (χ0n) is 36.9. The summed E-state index contributed by atoms with van der Waals surface area (Å²) >= 11 is 0. The number of ether oxygens (including phenoxy) is 4. The number of hydrogen-bond donors (Lipinski definition) is 10. The maximum atomic E-state index is 12.6. The molecule has 0 saturated carbocycles. The molecule has 352 valence electrons. The van der Waals surface area contributed by atoms with Crippen molar-refractivity contribution in [3.05, 3.63) is 85.1 Å². The van der Waals surface area contributed by atoms with Gasteiger partial charge in [0, 0.05) is 37.0 Å². The van der Waals surface area contributed by atoms with Gasteiger partial charge in [0.1, 0.15) is 12.2 Å². The first-order valence-corrected chi connectivity index (χ1v) is 22.1. The van der Waals surface area contributed by atoms with Gasteiger partial charge < -0.3 is 70.6 Å². The van der Waals surface area contributed by atoms with Crippen LogP contribution >= 0.6 is 0 Å². The van der Waals surface area contributed by atoms with Crippen LogP contribution in [0.1, 0.15) is 92.4 Å². The Kier molecular flexibility index (Phi) is 23.1. The number of carbonyl (C=O) groups excluding carboxylic acids is 1. The third-order valence-corrected chi connectivity index (χ3v) is 12.0. The summed E-state index contributed by atoms with van der Waals surface area (Å²) in [5.74, 6) is -3.69. The molecular weight excluding hydrogens is 803 g/mol. The fraction of sp³-hybridized carbons (Fsp3) is 0.681. The fourth-order valence-corrected chi connectivity index (χ4v) is 7.83. The van der Waals surface area contributed by atoms with Crippen LogP contribution in [0.3, 0.4) is 0 Å². The molecule has 0 aliphatic carbocycles. The average molecular weight is 878 g/mol. The van der Waals surface area contributed by atoms with Gasteiger partial charge in [0.2, 0.25) is 0 Å². The van der Waals surface area contributed by atoms with Gasteiger partial charge in [-0.1, -0.05) is 106 Å². The lowest BCUT2D eigenvalue weighted by atomic mass is 9.84. The number of aliphatic hydroxyl groups is 9. The van der Waals surface area contributed by atoms with E-state index in [0.29, 0.717) is 6.42 Å². The molecule has 2 bridgehead atoms. The first-order chi connectivity index (χ1) is 29.3. The Labute approximate surface area is 367 Å². The topological polar surface area (TPSA) is 262 Å². The van der Waals surface area contributed by atoms with Crippen molar-refractivity contribution in [2.45, 2.75) is 184 Å². The van der Waals surface area contributed by atoms with E-state index in [-0.39, 0.29) is 57.3 Å². The van der Waals surface area contributed by atoms with Crippen molar-refractivity contribution in [1.82, 2.24) is 0 Å². The van der Waals surface area contributed by atoms with Crippen LogP contribution in [0.5, 0.6) is 0 Å². The second kappa shape index (κ2) is 26.8. The molecule has 3 heterocycles. The predicted octanol–water partition coefficient (Wildman–Crippen LogP) is 2.68. The Morgan fingerprint density at radius 2 is 1.18 bits per heavy atom. The predicted molar refractivity (Wildman–Crippen MR) is 234 cm³/mol. The molecule has 0 spiro atoms. The molecule has 0 aromatic heterocycles. The lowest BCUT2D eigenvalue weighted by molar-refractivity contribution is -0.308. The lowest BCUT2D eigenvalue weighted by Crippen LogP contribution is -2.61. The second-order valence-electron chi connectivity index (χ2n) is 17.4. The molecule has 2 fully saturated rings. The van der Waals surface area contributed by atoms with Crippen LogP contribution < -0.4 is 5.73 Å². The molecule has 0 aromatic carbocycles. The van der Waals surface area contributed by atoms with Crippen LogP contribution in [0.4, 0.5) is 0 Å². The first-order valence-electron chi connectivity index (χ1n) is 22.1. The van der Waals surface area contributed by atoms with Crippen molar-refractivity contribution < 1.29 is 69.7 Å². The summed E-state index contributed by atoms with van der Waals surface area (Å²) in [6.45, 7) is 8.71. The Balaban J connectivity index is 1.78. The number of nitrogens with two attached hydrogens (primary N) is 1. The molecule has 18 atom stereocenters. The van der Waals surface area contributed by atoms with Crippen molar-refractivity contribution >= 4 is 5.97 Å². The van der Waals surface area contributed by atoms with Gasteiger partial charge in [-0.05, 0) is 46.0 Å². The summed E-state index contributed by atoms with van der Waals surface area (Å²) < 4.78 is 23.7. The molecule has 15 heteroatoms. The molecule has 2 saturated heterocycles. The van der Waals surface area contributed by atoms with Crippen molar-refractivity contribution in [2.75, 3.05) is 0 Å². The number of carbonyl (C=O) groups is 1. The van der Waals surface area contributed by atoms with Crippen LogP contribution in [0.15, 0.2) is 85.1 Å². The Hall–Kier alpha value is -2.87. The summed E-state index contributed by atoms with van der Waals surface area (Å²) in [4.78, 5) is 12.6. The standard InChI is InChI=1S/C47H75NO14/c1-29-19-16-14-12-10-8-6-7-9-11-13-15-17-22-38(61-46-45(57)42(48)44(56)33(5)60-46)26-40-31(3)39(53)28-47(58,62-40)27-35(50)21-18-20-34(49)23-36(51)24-37(52)25-41(54)59-32(4)30(2)43(29)55/h6-17,19,22,29-40,42-46,49-53,55-58H,18,20-21,23-28,48H2,1-5H3/b7-6+,10-8+,11-9+,14-12+,15-13+,19-16+,22-17+/t29-,30-,31?,32-,33?,34+,35?,36?,37?,38?,39-,40?,42?,43?,44?,45?,46?,47?/m0/s1. The Morgan fingerprint density at radius 3 is 1.79 bits per heavy atom. The second-order valence-corrected chi connectivity index (χ2v) is 17.4. The van der Waals surface area contributed by atoms with E-state index in [4.69, 9.17) is 24.7 Å². The van der Waals surface area contributed by atoms with E-state index in [1.807, 2.05) is 67.7 Å². The number of rotatable bonds is 2.